The maximum Gasteiger partial charge on any atom is 0.262 e. The number of hydrogen-bond acceptors (Lipinski definition) is 2. The Labute approximate surface area is 128 Å². The molecule has 0 fully saturated rings. The summed E-state index contributed by atoms with van der Waals surface area (Å²) in [4.78, 5) is 3.97. The number of nitrogens with zero attached hydrogens (tertiary/aromatic N) is 1. The van der Waals surface area contributed by atoms with E-state index in [1.54, 1.807) is 24.5 Å². The Hall–Kier alpha value is -1.81. The SMILES string of the molecule is FC1(F)Cc2ccc3c(c2C1c1ccncc1)CCNCC3. The second kappa shape index (κ2) is 5.13. The first-order valence-corrected chi connectivity index (χ1v) is 7.79. The van der Waals surface area contributed by atoms with Crippen molar-refractivity contribution < 1.29 is 8.78 Å². The Morgan fingerprint density at radius 3 is 2.55 bits per heavy atom. The van der Waals surface area contributed by atoms with Gasteiger partial charge in [-0.05, 0) is 65.9 Å². The zero-order valence-corrected chi connectivity index (χ0v) is 12.3. The lowest BCUT2D eigenvalue weighted by molar-refractivity contribution is -0.00373. The van der Waals surface area contributed by atoms with Gasteiger partial charge in [0, 0.05) is 18.8 Å². The summed E-state index contributed by atoms with van der Waals surface area (Å²) in [7, 11) is 0. The lowest BCUT2D eigenvalue weighted by Gasteiger charge is -2.23. The molecule has 2 aromatic rings. The lowest BCUT2D eigenvalue weighted by Crippen LogP contribution is -2.24. The number of nitrogens with one attached hydrogen (secondary N) is 1. The second-order valence-corrected chi connectivity index (χ2v) is 6.18. The molecule has 1 aromatic heterocycles. The average Bonchev–Trinajstić information content (AvgIpc) is 2.66. The molecule has 1 aliphatic carbocycles. The molecule has 1 aliphatic heterocycles. The normalized spacial score (nSPS) is 22.7. The van der Waals surface area contributed by atoms with Crippen LogP contribution in [0.5, 0.6) is 0 Å². The summed E-state index contributed by atoms with van der Waals surface area (Å²) in [6.45, 7) is 1.78. The molecule has 0 saturated carbocycles. The highest BCUT2D eigenvalue weighted by Gasteiger charge is 2.49. The topological polar surface area (TPSA) is 24.9 Å². The zero-order valence-electron chi connectivity index (χ0n) is 12.3. The third-order valence-electron chi connectivity index (χ3n) is 4.84. The fourth-order valence-corrected chi connectivity index (χ4v) is 3.90. The molecule has 22 heavy (non-hydrogen) atoms. The molecule has 0 radical (unpaired) electrons. The van der Waals surface area contributed by atoms with Gasteiger partial charge in [0.05, 0.1) is 5.92 Å². The summed E-state index contributed by atoms with van der Waals surface area (Å²) in [5.41, 5.74) is 4.72. The number of fused-ring (bicyclic) bond motifs is 3. The van der Waals surface area contributed by atoms with Crippen LogP contribution < -0.4 is 5.32 Å². The Morgan fingerprint density at radius 2 is 1.73 bits per heavy atom. The van der Waals surface area contributed by atoms with Gasteiger partial charge >= 0.3 is 0 Å². The first-order chi connectivity index (χ1) is 10.7. The van der Waals surface area contributed by atoms with Gasteiger partial charge in [0.15, 0.2) is 0 Å². The number of pyridine rings is 1. The Balaban J connectivity index is 1.91. The van der Waals surface area contributed by atoms with Crippen LogP contribution in [0.2, 0.25) is 0 Å². The van der Waals surface area contributed by atoms with E-state index >= 15 is 0 Å². The van der Waals surface area contributed by atoms with E-state index in [1.807, 2.05) is 12.1 Å². The van der Waals surface area contributed by atoms with E-state index < -0.39 is 11.8 Å². The molecule has 2 heterocycles. The van der Waals surface area contributed by atoms with Crippen molar-refractivity contribution in [2.24, 2.45) is 0 Å². The maximum absolute atomic E-state index is 14.7. The van der Waals surface area contributed by atoms with Crippen molar-refractivity contribution in [3.63, 3.8) is 0 Å². The zero-order chi connectivity index (χ0) is 15.2. The van der Waals surface area contributed by atoms with Crippen molar-refractivity contribution in [1.29, 1.82) is 0 Å². The Bertz CT molecular complexity index is 698. The minimum atomic E-state index is -2.72. The van der Waals surface area contributed by atoms with Crippen LogP contribution in [0, 0.1) is 0 Å². The van der Waals surface area contributed by atoms with Crippen molar-refractivity contribution in [2.45, 2.75) is 31.1 Å². The standard InChI is InChI=1S/C18H18F2N2/c19-18(20)11-14-2-1-12-3-7-22-10-6-15(12)16(14)17(18)13-4-8-21-9-5-13/h1-2,4-5,8-9,17,22H,3,6-7,10-11H2. The molecular formula is C18H18F2N2. The number of aromatic nitrogens is 1. The molecule has 0 saturated heterocycles. The molecule has 0 amide bonds. The molecule has 0 spiro atoms. The van der Waals surface area contributed by atoms with E-state index in [0.717, 1.165) is 42.6 Å². The van der Waals surface area contributed by atoms with Crippen molar-refractivity contribution in [1.82, 2.24) is 10.3 Å². The first kappa shape index (κ1) is 13.8. The van der Waals surface area contributed by atoms with E-state index in [9.17, 15) is 8.78 Å². The first-order valence-electron chi connectivity index (χ1n) is 7.79. The van der Waals surface area contributed by atoms with E-state index in [-0.39, 0.29) is 6.42 Å². The molecule has 1 N–H and O–H groups in total. The highest BCUT2D eigenvalue weighted by atomic mass is 19.3. The van der Waals surface area contributed by atoms with Gasteiger partial charge in [0.2, 0.25) is 0 Å². The van der Waals surface area contributed by atoms with Crippen LogP contribution in [0.15, 0.2) is 36.7 Å². The van der Waals surface area contributed by atoms with Crippen LogP contribution >= 0.6 is 0 Å². The van der Waals surface area contributed by atoms with Crippen LogP contribution in [-0.2, 0) is 19.3 Å². The monoisotopic (exact) mass is 300 g/mol. The van der Waals surface area contributed by atoms with Crippen LogP contribution in [0.3, 0.4) is 0 Å². The van der Waals surface area contributed by atoms with Crippen molar-refractivity contribution in [3.8, 4) is 0 Å². The van der Waals surface area contributed by atoms with Crippen LogP contribution in [0.4, 0.5) is 8.78 Å². The minimum Gasteiger partial charge on any atom is -0.316 e. The smallest absolute Gasteiger partial charge is 0.262 e. The van der Waals surface area contributed by atoms with Crippen molar-refractivity contribution in [2.75, 3.05) is 13.1 Å². The van der Waals surface area contributed by atoms with E-state index in [0.29, 0.717) is 5.56 Å². The molecule has 1 atom stereocenters. The molecular weight excluding hydrogens is 282 g/mol. The van der Waals surface area contributed by atoms with E-state index in [1.165, 1.54) is 5.56 Å². The number of benzene rings is 1. The summed E-state index contributed by atoms with van der Waals surface area (Å²) >= 11 is 0. The minimum absolute atomic E-state index is 0.157. The fourth-order valence-electron chi connectivity index (χ4n) is 3.90. The van der Waals surface area contributed by atoms with Crippen LogP contribution in [0.25, 0.3) is 0 Å². The predicted molar refractivity (Wildman–Crippen MR) is 81.5 cm³/mol. The van der Waals surface area contributed by atoms with Crippen molar-refractivity contribution in [3.05, 3.63) is 64.5 Å². The molecule has 4 heteroatoms. The van der Waals surface area contributed by atoms with Gasteiger partial charge in [-0.2, -0.15) is 0 Å². The average molecular weight is 300 g/mol. The quantitative estimate of drug-likeness (QED) is 0.875. The maximum atomic E-state index is 14.7. The van der Waals surface area contributed by atoms with Gasteiger partial charge in [-0.1, -0.05) is 12.1 Å². The Morgan fingerprint density at radius 1 is 1.00 bits per heavy atom. The fraction of sp³-hybridized carbons (Fsp3) is 0.389. The summed E-state index contributed by atoms with van der Waals surface area (Å²) in [5, 5.41) is 3.36. The van der Waals surface area contributed by atoms with E-state index in [2.05, 4.69) is 10.3 Å². The van der Waals surface area contributed by atoms with Gasteiger partial charge in [-0.15, -0.1) is 0 Å². The molecule has 2 aliphatic rings. The summed E-state index contributed by atoms with van der Waals surface area (Å²) in [6.07, 6.45) is 4.79. The molecule has 114 valence electrons. The van der Waals surface area contributed by atoms with Crippen LogP contribution in [-0.4, -0.2) is 24.0 Å². The highest BCUT2D eigenvalue weighted by Crippen LogP contribution is 2.50. The highest BCUT2D eigenvalue weighted by molar-refractivity contribution is 5.53. The van der Waals surface area contributed by atoms with Gasteiger partial charge in [-0.25, -0.2) is 8.78 Å². The number of hydrogen-bond donors (Lipinski definition) is 1. The molecule has 1 unspecified atom stereocenters. The second-order valence-electron chi connectivity index (χ2n) is 6.18. The summed E-state index contributed by atoms with van der Waals surface area (Å²) in [6, 6.07) is 7.41. The van der Waals surface area contributed by atoms with Crippen LogP contribution in [0.1, 0.15) is 33.7 Å². The molecule has 4 rings (SSSR count). The number of rotatable bonds is 1. The third-order valence-corrected chi connectivity index (χ3v) is 4.84. The van der Waals surface area contributed by atoms with Gasteiger partial charge in [0.25, 0.3) is 5.92 Å². The molecule has 2 nitrogen and oxygen atoms in total. The van der Waals surface area contributed by atoms with E-state index in [4.69, 9.17) is 0 Å². The van der Waals surface area contributed by atoms with Crippen molar-refractivity contribution >= 4 is 0 Å². The third kappa shape index (κ3) is 2.13. The van der Waals surface area contributed by atoms with Gasteiger partial charge < -0.3 is 5.32 Å². The largest absolute Gasteiger partial charge is 0.316 e. The molecule has 0 bridgehead atoms. The summed E-state index contributed by atoms with van der Waals surface area (Å²) < 4.78 is 29.4. The Kier molecular flexibility index (Phi) is 3.22. The number of halogens is 2. The number of alkyl halides is 2. The summed E-state index contributed by atoms with van der Waals surface area (Å²) in [5.74, 6) is -3.56. The lowest BCUT2D eigenvalue weighted by atomic mass is 9.85. The van der Waals surface area contributed by atoms with Gasteiger partial charge in [0.1, 0.15) is 0 Å². The predicted octanol–water partition coefficient (Wildman–Crippen LogP) is 3.09. The molecule has 1 aromatic carbocycles. The van der Waals surface area contributed by atoms with Gasteiger partial charge in [-0.3, -0.25) is 4.98 Å².